The molecule has 3 rings (SSSR count). The molecule has 2 aromatic rings. The monoisotopic (exact) mass is 469 g/mol. The lowest BCUT2D eigenvalue weighted by molar-refractivity contribution is -0.384. The van der Waals surface area contributed by atoms with Crippen LogP contribution in [0.2, 0.25) is 0 Å². The van der Waals surface area contributed by atoms with Crippen LogP contribution in [0.1, 0.15) is 42.7 Å². The zero-order valence-corrected chi connectivity index (χ0v) is 18.5. The van der Waals surface area contributed by atoms with E-state index in [0.29, 0.717) is 16.9 Å². The van der Waals surface area contributed by atoms with Crippen LogP contribution in [0.15, 0.2) is 40.6 Å². The molecule has 31 heavy (non-hydrogen) atoms. The first-order valence-corrected chi connectivity index (χ1v) is 11.9. The topological polar surface area (TPSA) is 150 Å². The molecule has 0 spiro atoms. The Hall–Kier alpha value is -2.38. The van der Waals surface area contributed by atoms with Crippen molar-refractivity contribution < 1.29 is 28.4 Å². The van der Waals surface area contributed by atoms with Crippen LogP contribution < -0.4 is 5.48 Å². The number of sulfonamides is 1. The molecule has 0 unspecified atom stereocenters. The van der Waals surface area contributed by atoms with Gasteiger partial charge in [0.05, 0.1) is 9.82 Å². The third-order valence-electron chi connectivity index (χ3n) is 5.23. The number of carbonyl (C=O) groups excluding carboxylic acids is 1. The second-order valence-electron chi connectivity index (χ2n) is 7.74. The molecule has 0 saturated carbocycles. The van der Waals surface area contributed by atoms with Gasteiger partial charge in [0.15, 0.2) is 0 Å². The fourth-order valence-corrected chi connectivity index (χ4v) is 6.49. The molecule has 2 heterocycles. The van der Waals surface area contributed by atoms with Crippen molar-refractivity contribution in [2.45, 2.75) is 43.2 Å². The van der Waals surface area contributed by atoms with Crippen molar-refractivity contribution in [3.8, 4) is 0 Å². The van der Waals surface area contributed by atoms with Crippen LogP contribution in [0.25, 0.3) is 0 Å². The van der Waals surface area contributed by atoms with Gasteiger partial charge in [-0.1, -0.05) is 13.8 Å². The molecule has 1 aliphatic heterocycles. The van der Waals surface area contributed by atoms with Crippen molar-refractivity contribution in [2.24, 2.45) is 5.92 Å². The average Bonchev–Trinajstić information content (AvgIpc) is 3.17. The Balaban J connectivity index is 2.15. The molecule has 0 bridgehead atoms. The molecule has 0 fully saturated rings. The van der Waals surface area contributed by atoms with E-state index in [1.807, 2.05) is 13.8 Å². The lowest BCUT2D eigenvalue weighted by Gasteiger charge is -2.33. The number of fused-ring (bicyclic) bond motifs is 1. The zero-order valence-electron chi connectivity index (χ0n) is 16.8. The summed E-state index contributed by atoms with van der Waals surface area (Å²) in [4.78, 5) is 23.3. The van der Waals surface area contributed by atoms with Crippen LogP contribution in [-0.2, 0) is 14.8 Å². The molecule has 3 atom stereocenters. The van der Waals surface area contributed by atoms with E-state index < -0.39 is 45.5 Å². The minimum Gasteiger partial charge on any atom is -0.386 e. The molecule has 1 amide bonds. The average molecular weight is 470 g/mol. The van der Waals surface area contributed by atoms with Gasteiger partial charge in [-0.2, -0.15) is 4.31 Å². The Morgan fingerprint density at radius 2 is 1.97 bits per heavy atom. The Bertz CT molecular complexity index is 1070. The predicted octanol–water partition coefficient (Wildman–Crippen LogP) is 2.40. The van der Waals surface area contributed by atoms with E-state index in [2.05, 4.69) is 0 Å². The van der Waals surface area contributed by atoms with Gasteiger partial charge in [-0.3, -0.25) is 20.1 Å². The molecule has 3 N–H and O–H groups in total. The fraction of sp³-hybridized carbons (Fsp3) is 0.421. The summed E-state index contributed by atoms with van der Waals surface area (Å²) in [7, 11) is -4.35. The molecule has 12 heteroatoms. The minimum atomic E-state index is -4.35. The van der Waals surface area contributed by atoms with Crippen molar-refractivity contribution >= 4 is 33.0 Å². The van der Waals surface area contributed by atoms with Gasteiger partial charge in [0, 0.05) is 29.5 Å². The predicted molar refractivity (Wildman–Crippen MR) is 112 cm³/mol. The lowest BCUT2D eigenvalue weighted by atomic mass is 9.84. The van der Waals surface area contributed by atoms with Crippen LogP contribution >= 0.6 is 11.3 Å². The summed E-state index contributed by atoms with van der Waals surface area (Å²) in [5.41, 5.74) is 1.96. The fourth-order valence-electron chi connectivity index (χ4n) is 3.91. The highest BCUT2D eigenvalue weighted by atomic mass is 32.2. The summed E-state index contributed by atoms with van der Waals surface area (Å²) in [6.07, 6.45) is -0.741. The summed E-state index contributed by atoms with van der Waals surface area (Å²) >= 11 is 1.27. The van der Waals surface area contributed by atoms with Crippen molar-refractivity contribution in [1.29, 1.82) is 0 Å². The van der Waals surface area contributed by atoms with E-state index in [1.54, 1.807) is 16.9 Å². The van der Waals surface area contributed by atoms with Gasteiger partial charge in [0.25, 0.3) is 11.6 Å². The first kappa shape index (κ1) is 23.3. The highest BCUT2D eigenvalue weighted by Crippen LogP contribution is 2.42. The Kier molecular flexibility index (Phi) is 6.76. The largest absolute Gasteiger partial charge is 0.386 e. The number of hydroxylamine groups is 1. The smallest absolute Gasteiger partial charge is 0.269 e. The standard InChI is InChI=1S/C19H23N3O7S2/c1-11(2)9-15-14-7-8-30-18(14)16(23)10-21(17(15)19(24)20-25)31(28,29)13-5-3-12(4-6-13)22(26)27/h3-8,11,15-17,23,25H,9-10H2,1-2H3,(H,20,24)/t15-,16+,17-/m1/s1. The van der Waals surface area contributed by atoms with Gasteiger partial charge >= 0.3 is 0 Å². The van der Waals surface area contributed by atoms with Crippen molar-refractivity contribution in [3.63, 3.8) is 0 Å². The van der Waals surface area contributed by atoms with Crippen LogP contribution in [-0.4, -0.2) is 46.5 Å². The van der Waals surface area contributed by atoms with Crippen molar-refractivity contribution in [3.05, 3.63) is 56.3 Å². The van der Waals surface area contributed by atoms with E-state index in [4.69, 9.17) is 0 Å². The van der Waals surface area contributed by atoms with Crippen molar-refractivity contribution in [1.82, 2.24) is 9.79 Å². The molecule has 1 aromatic carbocycles. The van der Waals surface area contributed by atoms with Gasteiger partial charge in [-0.25, -0.2) is 13.9 Å². The number of amides is 1. The summed E-state index contributed by atoms with van der Waals surface area (Å²) in [5, 5.41) is 32.8. The van der Waals surface area contributed by atoms with Crippen LogP contribution in [0.3, 0.4) is 0 Å². The highest BCUT2D eigenvalue weighted by molar-refractivity contribution is 7.89. The maximum atomic E-state index is 13.5. The number of aliphatic hydroxyl groups excluding tert-OH is 1. The molecule has 1 aromatic heterocycles. The summed E-state index contributed by atoms with van der Waals surface area (Å²) < 4.78 is 27.9. The number of thiophene rings is 1. The van der Waals surface area contributed by atoms with Crippen molar-refractivity contribution in [2.75, 3.05) is 6.54 Å². The van der Waals surface area contributed by atoms with Gasteiger partial charge in [-0.15, -0.1) is 11.3 Å². The molecule has 168 valence electrons. The lowest BCUT2D eigenvalue weighted by Crippen LogP contribution is -2.52. The number of carbonyl (C=O) groups is 1. The van der Waals surface area contributed by atoms with Crippen LogP contribution in [0.4, 0.5) is 5.69 Å². The Morgan fingerprint density at radius 1 is 1.32 bits per heavy atom. The number of benzene rings is 1. The number of nitrogens with zero attached hydrogens (tertiary/aromatic N) is 2. The van der Waals surface area contributed by atoms with Gasteiger partial charge in [0.2, 0.25) is 10.0 Å². The number of hydrogen-bond acceptors (Lipinski definition) is 8. The highest BCUT2D eigenvalue weighted by Gasteiger charge is 2.46. The molecule has 0 saturated heterocycles. The minimum absolute atomic E-state index is 0.0888. The molecule has 1 aliphatic rings. The van der Waals surface area contributed by atoms with Gasteiger partial charge in [0.1, 0.15) is 12.1 Å². The maximum Gasteiger partial charge on any atom is 0.269 e. The molecular formula is C19H23N3O7S2. The number of hydrogen-bond donors (Lipinski definition) is 3. The second kappa shape index (κ2) is 9.01. The van der Waals surface area contributed by atoms with E-state index in [1.165, 1.54) is 11.3 Å². The van der Waals surface area contributed by atoms with E-state index in [9.17, 15) is 33.6 Å². The second-order valence-corrected chi connectivity index (χ2v) is 10.6. The number of β-amino-alcohol motifs (C(OH)–C–C–N with tert-alkyl or cyclic N) is 1. The summed E-state index contributed by atoms with van der Waals surface area (Å²) in [6, 6.07) is 4.74. The number of rotatable bonds is 6. The van der Waals surface area contributed by atoms with E-state index >= 15 is 0 Å². The van der Waals surface area contributed by atoms with Crippen LogP contribution in [0, 0.1) is 16.0 Å². The maximum absolute atomic E-state index is 13.5. The number of nitro benzene ring substituents is 1. The zero-order chi connectivity index (χ0) is 22.9. The van der Waals surface area contributed by atoms with E-state index in [0.717, 1.165) is 28.6 Å². The Labute approximate surface area is 183 Å². The Morgan fingerprint density at radius 3 is 2.52 bits per heavy atom. The molecule has 0 radical (unpaired) electrons. The first-order valence-electron chi connectivity index (χ1n) is 9.53. The van der Waals surface area contributed by atoms with Gasteiger partial charge in [-0.05, 0) is 41.5 Å². The third kappa shape index (κ3) is 4.48. The van der Waals surface area contributed by atoms with Crippen LogP contribution in [0.5, 0.6) is 0 Å². The third-order valence-corrected chi connectivity index (χ3v) is 8.13. The SMILES string of the molecule is CC(C)C[C@@H]1c2ccsc2[C@@H](O)CN(S(=O)(=O)c2ccc([N+](=O)[O-])cc2)[C@H]1C(=O)NO. The number of aliphatic hydroxyl groups is 1. The molecular weight excluding hydrogens is 446 g/mol. The summed E-state index contributed by atoms with van der Waals surface area (Å²) in [6.45, 7) is 3.45. The molecule has 10 nitrogen and oxygen atoms in total. The first-order chi connectivity index (χ1) is 14.6. The quantitative estimate of drug-likeness (QED) is 0.334. The number of nitro groups is 1. The molecule has 0 aliphatic carbocycles. The number of nitrogens with one attached hydrogen (secondary N) is 1. The van der Waals surface area contributed by atoms with E-state index in [-0.39, 0.29) is 16.5 Å². The normalized spacial score (nSPS) is 22.0. The van der Waals surface area contributed by atoms with Gasteiger partial charge < -0.3 is 5.11 Å². The number of non-ortho nitro benzene ring substituents is 1. The summed E-state index contributed by atoms with van der Waals surface area (Å²) in [5.74, 6) is -1.44.